The minimum atomic E-state index is -0.904. The maximum atomic E-state index is 10.9. The Balaban J connectivity index is 2.04. The molecule has 17 heavy (non-hydrogen) atoms. The van der Waals surface area contributed by atoms with Crippen LogP contribution in [0.4, 0.5) is 5.00 Å². The molecule has 0 aromatic carbocycles. The second kappa shape index (κ2) is 3.71. The summed E-state index contributed by atoms with van der Waals surface area (Å²) in [5.74, 6) is -0.904. The predicted molar refractivity (Wildman–Crippen MR) is 68.1 cm³/mol. The summed E-state index contributed by atoms with van der Waals surface area (Å²) in [7, 11) is 0. The summed E-state index contributed by atoms with van der Waals surface area (Å²) in [6.07, 6.45) is 5.55. The molecule has 1 aliphatic heterocycles. The molecule has 0 aliphatic carbocycles. The molecule has 0 amide bonds. The van der Waals surface area contributed by atoms with E-state index < -0.39 is 5.97 Å². The molecule has 2 N–H and O–H groups in total. The van der Waals surface area contributed by atoms with E-state index in [0.717, 1.165) is 21.8 Å². The van der Waals surface area contributed by atoms with Gasteiger partial charge in [0, 0.05) is 29.2 Å². The van der Waals surface area contributed by atoms with Gasteiger partial charge in [-0.3, -0.25) is 0 Å². The van der Waals surface area contributed by atoms with E-state index in [1.165, 1.54) is 11.3 Å². The smallest absolute Gasteiger partial charge is 0.345 e. The lowest BCUT2D eigenvalue weighted by Crippen LogP contribution is -1.90. The number of H-pyrrole nitrogens is 1. The van der Waals surface area contributed by atoms with Gasteiger partial charge in [0.25, 0.3) is 0 Å². The maximum absolute atomic E-state index is 10.9. The van der Waals surface area contributed by atoms with Gasteiger partial charge in [-0.2, -0.15) is 0 Å². The Morgan fingerprint density at radius 1 is 1.53 bits per heavy atom. The lowest BCUT2D eigenvalue weighted by atomic mass is 10.1. The van der Waals surface area contributed by atoms with E-state index in [9.17, 15) is 4.79 Å². The zero-order chi connectivity index (χ0) is 11.8. The molecule has 5 heteroatoms. The van der Waals surface area contributed by atoms with Crippen LogP contribution in [-0.4, -0.2) is 22.3 Å². The normalized spacial score (nSPS) is 15.4. The lowest BCUT2D eigenvalue weighted by molar-refractivity contribution is 0.0702. The molecule has 0 saturated heterocycles. The van der Waals surface area contributed by atoms with E-state index in [-0.39, 0.29) is 0 Å². The van der Waals surface area contributed by atoms with Crippen molar-refractivity contribution in [3.63, 3.8) is 0 Å². The van der Waals surface area contributed by atoms with Crippen molar-refractivity contribution in [3.8, 4) is 0 Å². The van der Waals surface area contributed by atoms with Gasteiger partial charge in [-0.15, -0.1) is 11.3 Å². The average molecular weight is 244 g/mol. The highest BCUT2D eigenvalue weighted by molar-refractivity contribution is 7.18. The Bertz CT molecular complexity index is 636. The summed E-state index contributed by atoms with van der Waals surface area (Å²) >= 11 is 1.20. The standard InChI is InChI=1S/C12H8N2O2S/c15-12(16)10-5-9-7(6-14-11(9)17-10)4-8-2-1-3-13-8/h1-6,13H,(H,15,16). The number of hydrogen-bond donors (Lipinski definition) is 2. The first kappa shape index (κ1) is 10.0. The molecular formula is C12H8N2O2S. The number of thiophene rings is 1. The van der Waals surface area contributed by atoms with Crippen LogP contribution in [0.1, 0.15) is 20.9 Å². The average Bonchev–Trinajstić information content (AvgIpc) is 2.97. The zero-order valence-corrected chi connectivity index (χ0v) is 9.49. The molecule has 3 rings (SSSR count). The minimum absolute atomic E-state index is 0.323. The number of aromatic nitrogens is 1. The Labute approximate surface area is 101 Å². The number of carboxylic acid groups (broad SMARTS) is 1. The first-order valence-electron chi connectivity index (χ1n) is 5.01. The largest absolute Gasteiger partial charge is 0.477 e. The van der Waals surface area contributed by atoms with Crippen LogP contribution in [0.25, 0.3) is 11.6 Å². The van der Waals surface area contributed by atoms with Gasteiger partial charge in [0.05, 0.1) is 0 Å². The Hall–Kier alpha value is -2.14. The number of allylic oxidation sites excluding steroid dienone is 1. The van der Waals surface area contributed by atoms with Crippen molar-refractivity contribution >= 4 is 40.2 Å². The number of nitrogens with zero attached hydrogens (tertiary/aromatic N) is 1. The van der Waals surface area contributed by atoms with E-state index >= 15 is 0 Å². The number of hydrogen-bond acceptors (Lipinski definition) is 3. The van der Waals surface area contributed by atoms with Crippen LogP contribution in [0.2, 0.25) is 0 Å². The highest BCUT2D eigenvalue weighted by Gasteiger charge is 2.19. The molecule has 2 aromatic heterocycles. The molecule has 3 heterocycles. The predicted octanol–water partition coefficient (Wildman–Crippen LogP) is 3.03. The van der Waals surface area contributed by atoms with E-state index in [4.69, 9.17) is 5.11 Å². The molecule has 0 spiro atoms. The van der Waals surface area contributed by atoms with Gasteiger partial charge in [0.1, 0.15) is 9.88 Å². The molecule has 4 nitrogen and oxygen atoms in total. The van der Waals surface area contributed by atoms with E-state index in [1.807, 2.05) is 24.4 Å². The molecular weight excluding hydrogens is 236 g/mol. The van der Waals surface area contributed by atoms with Crippen LogP contribution in [0, 0.1) is 0 Å². The first-order chi connectivity index (χ1) is 8.24. The Morgan fingerprint density at radius 2 is 2.41 bits per heavy atom. The second-order valence-corrected chi connectivity index (χ2v) is 4.65. The monoisotopic (exact) mass is 244 g/mol. The molecule has 0 bridgehead atoms. The van der Waals surface area contributed by atoms with Crippen molar-refractivity contribution < 1.29 is 9.90 Å². The number of fused-ring (bicyclic) bond motifs is 1. The van der Waals surface area contributed by atoms with Gasteiger partial charge in [0.2, 0.25) is 0 Å². The number of rotatable bonds is 2. The number of aromatic carboxylic acids is 1. The third-order valence-electron chi connectivity index (χ3n) is 2.49. The fraction of sp³-hybridized carbons (Fsp3) is 0. The summed E-state index contributed by atoms with van der Waals surface area (Å²) in [5, 5.41) is 9.68. The summed E-state index contributed by atoms with van der Waals surface area (Å²) in [6.45, 7) is 0. The molecule has 0 unspecified atom stereocenters. The van der Waals surface area contributed by atoms with Gasteiger partial charge < -0.3 is 10.1 Å². The Kier molecular flexibility index (Phi) is 2.19. The third-order valence-corrected chi connectivity index (χ3v) is 3.52. The van der Waals surface area contributed by atoms with Crippen LogP contribution in [0.5, 0.6) is 0 Å². The van der Waals surface area contributed by atoms with Crippen LogP contribution in [-0.2, 0) is 0 Å². The second-order valence-electron chi connectivity index (χ2n) is 3.62. The van der Waals surface area contributed by atoms with Crippen LogP contribution >= 0.6 is 11.3 Å². The van der Waals surface area contributed by atoms with Crippen molar-refractivity contribution in [2.75, 3.05) is 0 Å². The van der Waals surface area contributed by atoms with Gasteiger partial charge in [-0.05, 0) is 24.3 Å². The molecule has 0 atom stereocenters. The number of nitrogens with one attached hydrogen (secondary N) is 1. The maximum Gasteiger partial charge on any atom is 0.345 e. The van der Waals surface area contributed by atoms with E-state index in [2.05, 4.69) is 9.98 Å². The minimum Gasteiger partial charge on any atom is -0.477 e. The Morgan fingerprint density at radius 3 is 3.12 bits per heavy atom. The van der Waals surface area contributed by atoms with Crippen LogP contribution < -0.4 is 0 Å². The van der Waals surface area contributed by atoms with E-state index in [1.54, 1.807) is 12.3 Å². The number of carbonyl (C=O) groups is 1. The first-order valence-corrected chi connectivity index (χ1v) is 5.82. The molecule has 1 aliphatic rings. The zero-order valence-electron chi connectivity index (χ0n) is 8.68. The van der Waals surface area contributed by atoms with E-state index in [0.29, 0.717) is 4.88 Å². The lowest BCUT2D eigenvalue weighted by Gasteiger charge is -1.92. The van der Waals surface area contributed by atoms with Crippen molar-refractivity contribution in [3.05, 3.63) is 40.5 Å². The fourth-order valence-electron chi connectivity index (χ4n) is 1.70. The summed E-state index contributed by atoms with van der Waals surface area (Å²) in [4.78, 5) is 18.5. The number of aromatic amines is 1. The van der Waals surface area contributed by atoms with Crippen LogP contribution in [0.3, 0.4) is 0 Å². The molecule has 0 radical (unpaired) electrons. The summed E-state index contributed by atoms with van der Waals surface area (Å²) in [6, 6.07) is 5.53. The molecule has 2 aromatic rings. The summed E-state index contributed by atoms with van der Waals surface area (Å²) < 4.78 is 0. The highest BCUT2D eigenvalue weighted by atomic mass is 32.1. The highest BCUT2D eigenvalue weighted by Crippen LogP contribution is 2.39. The van der Waals surface area contributed by atoms with Crippen molar-refractivity contribution in [1.82, 2.24) is 4.98 Å². The van der Waals surface area contributed by atoms with Crippen LogP contribution in [0.15, 0.2) is 29.4 Å². The SMILES string of the molecule is O=C(O)c1cc2c(s1)N=CC2=Cc1ccc[nH]1. The third kappa shape index (κ3) is 1.70. The van der Waals surface area contributed by atoms with Gasteiger partial charge in [-0.1, -0.05) is 0 Å². The number of aliphatic imine (C=N–C) groups is 1. The van der Waals surface area contributed by atoms with Crippen molar-refractivity contribution in [1.29, 1.82) is 0 Å². The topological polar surface area (TPSA) is 65.4 Å². The molecule has 0 saturated carbocycles. The molecule has 84 valence electrons. The van der Waals surface area contributed by atoms with Gasteiger partial charge >= 0.3 is 5.97 Å². The summed E-state index contributed by atoms with van der Waals surface area (Å²) in [5.41, 5.74) is 2.80. The van der Waals surface area contributed by atoms with Crippen molar-refractivity contribution in [2.24, 2.45) is 4.99 Å². The quantitative estimate of drug-likeness (QED) is 0.852. The van der Waals surface area contributed by atoms with Gasteiger partial charge in [0.15, 0.2) is 0 Å². The fourth-order valence-corrected chi connectivity index (χ4v) is 2.57. The number of carboxylic acids is 1. The van der Waals surface area contributed by atoms with Gasteiger partial charge in [-0.25, -0.2) is 9.79 Å². The van der Waals surface area contributed by atoms with Crippen molar-refractivity contribution in [2.45, 2.75) is 0 Å². The molecule has 0 fully saturated rings.